The van der Waals surface area contributed by atoms with Crippen LogP contribution in [-0.2, 0) is 24.0 Å². The van der Waals surface area contributed by atoms with Gasteiger partial charge < -0.3 is 42.7 Å². The first-order valence-corrected chi connectivity index (χ1v) is 11.8. The third kappa shape index (κ3) is 12.4. The van der Waals surface area contributed by atoms with Gasteiger partial charge in [-0.25, -0.2) is 4.79 Å². The number of carbonyl (C=O) groups excluding carboxylic acids is 3. The molecular formula is C19H35N5O8S. The second-order valence-corrected chi connectivity index (χ2v) is 8.44. The first-order valence-electron chi connectivity index (χ1n) is 10.4. The minimum Gasteiger partial charge on any atom is -0.481 e. The highest BCUT2D eigenvalue weighted by Gasteiger charge is 2.31. The lowest BCUT2D eigenvalue weighted by molar-refractivity contribution is -0.143. The lowest BCUT2D eigenvalue weighted by atomic mass is 10.1. The molecule has 0 spiro atoms. The molecule has 14 heteroatoms. The van der Waals surface area contributed by atoms with Crippen LogP contribution < -0.4 is 27.4 Å². The van der Waals surface area contributed by atoms with Gasteiger partial charge in [-0.2, -0.15) is 11.8 Å². The average Bonchev–Trinajstić information content (AvgIpc) is 2.73. The molecule has 0 saturated heterocycles. The van der Waals surface area contributed by atoms with Crippen LogP contribution in [0.2, 0.25) is 0 Å². The van der Waals surface area contributed by atoms with Crippen molar-refractivity contribution in [3.63, 3.8) is 0 Å². The van der Waals surface area contributed by atoms with Crippen LogP contribution in [0.3, 0.4) is 0 Å². The third-order valence-corrected chi connectivity index (χ3v) is 5.28. The van der Waals surface area contributed by atoms with Crippen molar-refractivity contribution in [2.24, 2.45) is 11.5 Å². The van der Waals surface area contributed by atoms with Crippen molar-refractivity contribution in [3.05, 3.63) is 0 Å². The first kappa shape index (κ1) is 30.6. The van der Waals surface area contributed by atoms with Gasteiger partial charge in [0.05, 0.1) is 12.5 Å². The smallest absolute Gasteiger partial charge is 0.326 e. The monoisotopic (exact) mass is 493 g/mol. The molecule has 5 unspecified atom stereocenters. The normalized spacial score (nSPS) is 15.4. The molecule has 0 aliphatic rings. The highest BCUT2D eigenvalue weighted by molar-refractivity contribution is 7.98. The molecule has 0 fully saturated rings. The van der Waals surface area contributed by atoms with E-state index in [4.69, 9.17) is 16.6 Å². The molecule has 0 radical (unpaired) electrons. The number of rotatable bonds is 17. The van der Waals surface area contributed by atoms with Crippen LogP contribution in [0.25, 0.3) is 0 Å². The fourth-order valence-corrected chi connectivity index (χ4v) is 3.14. The predicted octanol–water partition coefficient (Wildman–Crippen LogP) is -2.41. The second kappa shape index (κ2) is 16.2. The number of unbranched alkanes of at least 4 members (excludes halogenated alkanes) is 1. The Labute approximate surface area is 196 Å². The maximum Gasteiger partial charge on any atom is 0.326 e. The van der Waals surface area contributed by atoms with E-state index in [0.29, 0.717) is 25.1 Å². The lowest BCUT2D eigenvalue weighted by Gasteiger charge is -2.25. The zero-order valence-corrected chi connectivity index (χ0v) is 19.6. The van der Waals surface area contributed by atoms with Crippen LogP contribution >= 0.6 is 11.8 Å². The van der Waals surface area contributed by atoms with Crippen LogP contribution in [0.15, 0.2) is 0 Å². The molecule has 0 heterocycles. The molecule has 10 N–H and O–H groups in total. The van der Waals surface area contributed by atoms with E-state index in [2.05, 4.69) is 16.0 Å². The summed E-state index contributed by atoms with van der Waals surface area (Å²) in [6.07, 6.45) is 0.991. The van der Waals surface area contributed by atoms with Gasteiger partial charge in [-0.05, 0) is 51.2 Å². The highest BCUT2D eigenvalue weighted by atomic mass is 32.2. The second-order valence-electron chi connectivity index (χ2n) is 7.45. The van der Waals surface area contributed by atoms with Gasteiger partial charge in [-0.15, -0.1) is 0 Å². The summed E-state index contributed by atoms with van der Waals surface area (Å²) in [6.45, 7) is 1.59. The molecule has 13 nitrogen and oxygen atoms in total. The van der Waals surface area contributed by atoms with Crippen molar-refractivity contribution >= 4 is 41.4 Å². The van der Waals surface area contributed by atoms with E-state index in [9.17, 15) is 34.2 Å². The average molecular weight is 494 g/mol. The summed E-state index contributed by atoms with van der Waals surface area (Å²) >= 11 is 1.41. The van der Waals surface area contributed by atoms with Gasteiger partial charge in [0, 0.05) is 0 Å². The van der Waals surface area contributed by atoms with Gasteiger partial charge in [-0.1, -0.05) is 0 Å². The number of nitrogens with one attached hydrogen (secondary N) is 3. The topological polar surface area (TPSA) is 234 Å². The van der Waals surface area contributed by atoms with Crippen LogP contribution in [-0.4, -0.2) is 93.8 Å². The van der Waals surface area contributed by atoms with Crippen LogP contribution in [0.5, 0.6) is 0 Å². The van der Waals surface area contributed by atoms with E-state index in [1.54, 1.807) is 6.26 Å². The van der Waals surface area contributed by atoms with Crippen LogP contribution in [0.1, 0.15) is 39.0 Å². The SMILES string of the molecule is CSCCC(NC(=O)C(CCCCN)NC(=O)C(CC(=O)O)NC(=O)C(N)C(C)O)C(=O)O. The van der Waals surface area contributed by atoms with E-state index in [-0.39, 0.29) is 12.8 Å². The Hall–Kier alpha value is -2.42. The van der Waals surface area contributed by atoms with Crippen molar-refractivity contribution in [2.75, 3.05) is 18.6 Å². The van der Waals surface area contributed by atoms with Gasteiger partial charge in [-0.3, -0.25) is 19.2 Å². The zero-order chi connectivity index (χ0) is 25.6. The Balaban J connectivity index is 5.50. The van der Waals surface area contributed by atoms with Crippen molar-refractivity contribution < 1.29 is 39.3 Å². The summed E-state index contributed by atoms with van der Waals surface area (Å²) < 4.78 is 0. The van der Waals surface area contributed by atoms with Crippen LogP contribution in [0.4, 0.5) is 0 Å². The van der Waals surface area contributed by atoms with E-state index in [1.807, 2.05) is 0 Å². The number of carboxylic acid groups (broad SMARTS) is 2. The number of carboxylic acids is 2. The summed E-state index contributed by atoms with van der Waals surface area (Å²) in [5.74, 6) is -4.81. The maximum atomic E-state index is 12.7. The number of hydrogen-bond acceptors (Lipinski definition) is 9. The molecule has 33 heavy (non-hydrogen) atoms. The minimum absolute atomic E-state index is 0.116. The Morgan fingerprint density at radius 3 is 1.91 bits per heavy atom. The Morgan fingerprint density at radius 1 is 0.879 bits per heavy atom. The number of aliphatic carboxylic acids is 2. The Bertz CT molecular complexity index is 679. The van der Waals surface area contributed by atoms with Gasteiger partial charge in [0.1, 0.15) is 24.2 Å². The number of hydrogen-bond donors (Lipinski definition) is 8. The molecule has 0 aliphatic carbocycles. The summed E-state index contributed by atoms with van der Waals surface area (Å²) in [7, 11) is 0. The molecule has 0 aromatic rings. The van der Waals surface area contributed by atoms with Crippen LogP contribution in [0, 0.1) is 0 Å². The molecule has 0 aliphatic heterocycles. The summed E-state index contributed by atoms with van der Waals surface area (Å²) in [6, 6.07) is -5.32. The number of aliphatic hydroxyl groups excluding tert-OH is 1. The van der Waals surface area contributed by atoms with Gasteiger partial charge in [0.2, 0.25) is 17.7 Å². The van der Waals surface area contributed by atoms with Crippen molar-refractivity contribution in [3.8, 4) is 0 Å². The summed E-state index contributed by atoms with van der Waals surface area (Å²) in [5, 5.41) is 34.8. The molecule has 0 bridgehead atoms. The fourth-order valence-electron chi connectivity index (χ4n) is 2.67. The summed E-state index contributed by atoms with van der Waals surface area (Å²) in [4.78, 5) is 60.2. The minimum atomic E-state index is -1.57. The van der Waals surface area contributed by atoms with E-state index in [1.165, 1.54) is 18.7 Å². The van der Waals surface area contributed by atoms with Gasteiger partial charge in [0.15, 0.2) is 0 Å². The van der Waals surface area contributed by atoms with Gasteiger partial charge in [0.25, 0.3) is 0 Å². The number of amides is 3. The summed E-state index contributed by atoms with van der Waals surface area (Å²) in [5.41, 5.74) is 11.0. The molecule has 5 atom stereocenters. The lowest BCUT2D eigenvalue weighted by Crippen LogP contribution is -2.58. The molecule has 0 aromatic heterocycles. The highest BCUT2D eigenvalue weighted by Crippen LogP contribution is 2.06. The van der Waals surface area contributed by atoms with E-state index < -0.39 is 66.4 Å². The maximum absolute atomic E-state index is 12.7. The predicted molar refractivity (Wildman–Crippen MR) is 121 cm³/mol. The molecule has 0 rings (SSSR count). The zero-order valence-electron chi connectivity index (χ0n) is 18.8. The largest absolute Gasteiger partial charge is 0.481 e. The Kier molecular flexibility index (Phi) is 15.0. The first-order chi connectivity index (χ1) is 15.4. The number of aliphatic hydroxyl groups is 1. The van der Waals surface area contributed by atoms with Crippen molar-refractivity contribution in [1.82, 2.24) is 16.0 Å². The molecule has 0 aromatic carbocycles. The molecular weight excluding hydrogens is 458 g/mol. The Morgan fingerprint density at radius 2 is 1.42 bits per heavy atom. The fraction of sp³-hybridized carbons (Fsp3) is 0.737. The number of carbonyl (C=O) groups is 5. The van der Waals surface area contributed by atoms with Crippen molar-refractivity contribution in [1.29, 1.82) is 0 Å². The number of thioether (sulfide) groups is 1. The molecule has 0 saturated carbocycles. The quantitative estimate of drug-likeness (QED) is 0.0993. The van der Waals surface area contributed by atoms with E-state index in [0.717, 1.165) is 0 Å². The molecule has 190 valence electrons. The molecule has 3 amide bonds. The van der Waals surface area contributed by atoms with E-state index >= 15 is 0 Å². The number of nitrogens with two attached hydrogens (primary N) is 2. The van der Waals surface area contributed by atoms with Crippen molar-refractivity contribution in [2.45, 2.75) is 69.3 Å². The van der Waals surface area contributed by atoms with Gasteiger partial charge >= 0.3 is 11.9 Å². The standard InChI is InChI=1S/C19H35N5O8S/c1-10(25)15(21)18(30)24-13(9-14(26)27)17(29)22-11(5-3-4-7-20)16(28)23-12(19(31)32)6-8-33-2/h10-13,15,25H,3-9,20-21H2,1-2H3,(H,22,29)(H,23,28)(H,24,30)(H,26,27)(H,31,32). The third-order valence-electron chi connectivity index (χ3n) is 4.64.